The molecule has 1 amide bonds. The molecule has 2 heterocycles. The Balaban J connectivity index is 1.37. The van der Waals surface area contributed by atoms with E-state index < -0.39 is 0 Å². The molecule has 0 aliphatic heterocycles. The maximum atomic E-state index is 12.4. The molecule has 0 radical (unpaired) electrons. The van der Waals surface area contributed by atoms with E-state index in [0.717, 1.165) is 27.8 Å². The molecule has 1 N–H and O–H groups in total. The number of carbonyl (C=O) groups excluding carboxylic acids is 1. The molecule has 0 saturated heterocycles. The van der Waals surface area contributed by atoms with E-state index in [1.165, 1.54) is 22.0 Å². The van der Waals surface area contributed by atoms with Gasteiger partial charge in [-0.05, 0) is 36.8 Å². The smallest absolute Gasteiger partial charge is 0.237 e. The molecule has 7 heteroatoms. The Hall–Kier alpha value is -2.64. The van der Waals surface area contributed by atoms with Gasteiger partial charge in [-0.3, -0.25) is 4.79 Å². The monoisotopic (exact) mass is 408 g/mol. The van der Waals surface area contributed by atoms with Crippen LogP contribution in [-0.2, 0) is 18.3 Å². The van der Waals surface area contributed by atoms with Crippen LogP contribution in [0.25, 0.3) is 10.2 Å². The number of nitrogens with one attached hydrogen (secondary N) is 1. The number of thioether (sulfide) groups is 1. The summed E-state index contributed by atoms with van der Waals surface area (Å²) in [4.78, 5) is 21.4. The number of amides is 1. The van der Waals surface area contributed by atoms with Crippen molar-refractivity contribution in [1.29, 1.82) is 0 Å². The van der Waals surface area contributed by atoms with Crippen molar-refractivity contribution >= 4 is 44.9 Å². The van der Waals surface area contributed by atoms with Crippen molar-refractivity contribution in [1.82, 2.24) is 14.5 Å². The van der Waals surface area contributed by atoms with Crippen LogP contribution in [0.1, 0.15) is 17.5 Å². The standard InChI is InChI=1S/C21H20N4OS2/c1-14(27-21-22-11-12-25(21)2)20(26)23-16-9-7-15(8-10-16)13-19-24-17-5-3-4-6-18(17)28-19/h3-12,14H,13H2,1-2H3,(H,23,26)/t14-/m0/s1. The van der Waals surface area contributed by atoms with Crippen LogP contribution in [-0.4, -0.2) is 25.7 Å². The summed E-state index contributed by atoms with van der Waals surface area (Å²) in [5.74, 6) is -0.0353. The Labute approximate surface area is 171 Å². The molecule has 0 spiro atoms. The van der Waals surface area contributed by atoms with E-state index in [2.05, 4.69) is 21.4 Å². The maximum Gasteiger partial charge on any atom is 0.237 e. The zero-order valence-corrected chi connectivity index (χ0v) is 17.3. The molecule has 4 rings (SSSR count). The van der Waals surface area contributed by atoms with Crippen molar-refractivity contribution < 1.29 is 4.79 Å². The van der Waals surface area contributed by atoms with E-state index in [-0.39, 0.29) is 11.2 Å². The highest BCUT2D eigenvalue weighted by molar-refractivity contribution is 8.00. The topological polar surface area (TPSA) is 59.8 Å². The lowest BCUT2D eigenvalue weighted by Crippen LogP contribution is -2.22. The second-order valence-electron chi connectivity index (χ2n) is 6.52. The largest absolute Gasteiger partial charge is 0.329 e. The number of hydrogen-bond acceptors (Lipinski definition) is 5. The van der Waals surface area contributed by atoms with Gasteiger partial charge < -0.3 is 9.88 Å². The SMILES string of the molecule is C[C@H](Sc1nccn1C)C(=O)Nc1ccc(Cc2nc3ccccc3s2)cc1. The lowest BCUT2D eigenvalue weighted by atomic mass is 10.1. The molecule has 4 aromatic rings. The summed E-state index contributed by atoms with van der Waals surface area (Å²) in [6, 6.07) is 16.1. The normalized spacial score (nSPS) is 12.2. The molecule has 2 aromatic carbocycles. The van der Waals surface area contributed by atoms with Gasteiger partial charge in [0, 0.05) is 31.5 Å². The van der Waals surface area contributed by atoms with Crippen molar-refractivity contribution in [2.45, 2.75) is 23.8 Å². The molecule has 0 saturated carbocycles. The van der Waals surface area contributed by atoms with Crippen LogP contribution in [0.15, 0.2) is 66.1 Å². The first-order chi connectivity index (χ1) is 13.6. The second kappa shape index (κ2) is 8.16. The number of hydrogen-bond donors (Lipinski definition) is 1. The second-order valence-corrected chi connectivity index (χ2v) is 8.94. The Morgan fingerprint density at radius 1 is 1.21 bits per heavy atom. The fourth-order valence-corrected chi connectivity index (χ4v) is 4.63. The summed E-state index contributed by atoms with van der Waals surface area (Å²) >= 11 is 3.17. The predicted molar refractivity (Wildman–Crippen MR) is 116 cm³/mol. The van der Waals surface area contributed by atoms with Crippen molar-refractivity contribution in [2.24, 2.45) is 7.05 Å². The Bertz CT molecular complexity index is 1070. The van der Waals surface area contributed by atoms with Gasteiger partial charge in [-0.1, -0.05) is 36.0 Å². The minimum atomic E-state index is -0.233. The van der Waals surface area contributed by atoms with Gasteiger partial charge in [0.25, 0.3) is 0 Å². The summed E-state index contributed by atoms with van der Waals surface area (Å²) in [5, 5.41) is 4.67. The summed E-state index contributed by atoms with van der Waals surface area (Å²) in [5.41, 5.74) is 3.02. The highest BCUT2D eigenvalue weighted by atomic mass is 32.2. The van der Waals surface area contributed by atoms with Gasteiger partial charge in [-0.15, -0.1) is 11.3 Å². The summed E-state index contributed by atoms with van der Waals surface area (Å²) in [7, 11) is 1.92. The van der Waals surface area contributed by atoms with Gasteiger partial charge in [0.2, 0.25) is 5.91 Å². The fourth-order valence-electron chi connectivity index (χ4n) is 2.80. The zero-order chi connectivity index (χ0) is 19.5. The highest BCUT2D eigenvalue weighted by Gasteiger charge is 2.16. The molecular formula is C21H20N4OS2. The number of fused-ring (bicyclic) bond motifs is 1. The van der Waals surface area contributed by atoms with E-state index in [0.29, 0.717) is 0 Å². The van der Waals surface area contributed by atoms with Gasteiger partial charge in [0.05, 0.1) is 20.5 Å². The third-order valence-corrected chi connectivity index (χ3v) is 6.55. The van der Waals surface area contributed by atoms with Crippen LogP contribution >= 0.6 is 23.1 Å². The number of benzene rings is 2. The zero-order valence-electron chi connectivity index (χ0n) is 15.6. The lowest BCUT2D eigenvalue weighted by molar-refractivity contribution is -0.115. The minimum Gasteiger partial charge on any atom is -0.329 e. The molecule has 5 nitrogen and oxygen atoms in total. The Morgan fingerprint density at radius 3 is 2.71 bits per heavy atom. The van der Waals surface area contributed by atoms with E-state index >= 15 is 0 Å². The number of para-hydroxylation sites is 1. The van der Waals surface area contributed by atoms with Crippen LogP contribution in [0, 0.1) is 0 Å². The minimum absolute atomic E-state index is 0.0353. The third kappa shape index (κ3) is 4.26. The molecule has 0 aliphatic rings. The summed E-state index contributed by atoms with van der Waals surface area (Å²) in [6.45, 7) is 1.89. The van der Waals surface area contributed by atoms with E-state index in [1.54, 1.807) is 17.5 Å². The molecule has 0 bridgehead atoms. The average molecular weight is 409 g/mol. The van der Waals surface area contributed by atoms with Crippen LogP contribution in [0.5, 0.6) is 0 Å². The van der Waals surface area contributed by atoms with Crippen molar-refractivity contribution in [3.05, 3.63) is 71.5 Å². The third-order valence-electron chi connectivity index (χ3n) is 4.34. The summed E-state index contributed by atoms with van der Waals surface area (Å²) in [6.07, 6.45) is 4.40. The fraction of sp³-hybridized carbons (Fsp3) is 0.190. The number of thiazole rings is 1. The van der Waals surface area contributed by atoms with E-state index in [4.69, 9.17) is 0 Å². The van der Waals surface area contributed by atoms with Gasteiger partial charge >= 0.3 is 0 Å². The number of aryl methyl sites for hydroxylation is 1. The molecule has 0 fully saturated rings. The number of anilines is 1. The van der Waals surface area contributed by atoms with Crippen LogP contribution < -0.4 is 5.32 Å². The first-order valence-electron chi connectivity index (χ1n) is 8.97. The molecule has 0 aliphatic carbocycles. The van der Waals surface area contributed by atoms with Crippen LogP contribution in [0.3, 0.4) is 0 Å². The van der Waals surface area contributed by atoms with Gasteiger partial charge in [0.1, 0.15) is 0 Å². The molecule has 28 heavy (non-hydrogen) atoms. The molecule has 0 unspecified atom stereocenters. The first-order valence-corrected chi connectivity index (χ1v) is 10.7. The molecule has 142 valence electrons. The van der Waals surface area contributed by atoms with Gasteiger partial charge in [-0.2, -0.15) is 0 Å². The van der Waals surface area contributed by atoms with Crippen LogP contribution in [0.2, 0.25) is 0 Å². The lowest BCUT2D eigenvalue weighted by Gasteiger charge is -2.12. The Morgan fingerprint density at radius 2 is 2.00 bits per heavy atom. The van der Waals surface area contributed by atoms with E-state index in [1.807, 2.05) is 67.2 Å². The quantitative estimate of drug-likeness (QED) is 0.468. The highest BCUT2D eigenvalue weighted by Crippen LogP contribution is 2.25. The van der Waals surface area contributed by atoms with Crippen molar-refractivity contribution in [3.8, 4) is 0 Å². The van der Waals surface area contributed by atoms with Gasteiger partial charge in [-0.25, -0.2) is 9.97 Å². The summed E-state index contributed by atoms with van der Waals surface area (Å²) < 4.78 is 3.12. The number of rotatable bonds is 6. The number of aromatic nitrogens is 3. The van der Waals surface area contributed by atoms with Crippen LogP contribution in [0.4, 0.5) is 5.69 Å². The maximum absolute atomic E-state index is 12.4. The molecule has 1 atom stereocenters. The number of carbonyl (C=O) groups is 1. The Kier molecular flexibility index (Phi) is 5.45. The average Bonchev–Trinajstić information content (AvgIpc) is 3.28. The van der Waals surface area contributed by atoms with E-state index in [9.17, 15) is 4.79 Å². The number of imidazole rings is 1. The van der Waals surface area contributed by atoms with Crippen molar-refractivity contribution in [3.63, 3.8) is 0 Å². The van der Waals surface area contributed by atoms with Crippen molar-refractivity contribution in [2.75, 3.05) is 5.32 Å². The first kappa shape index (κ1) is 18.7. The molecular weight excluding hydrogens is 388 g/mol. The predicted octanol–water partition coefficient (Wildman–Crippen LogP) is 4.74. The molecule has 2 aromatic heterocycles. The number of nitrogens with zero attached hydrogens (tertiary/aromatic N) is 3. The van der Waals surface area contributed by atoms with Gasteiger partial charge in [0.15, 0.2) is 5.16 Å².